The molecule has 0 aromatic carbocycles. The molecule has 0 saturated heterocycles. The Kier molecular flexibility index (Phi) is 2.10. The average Bonchev–Trinajstić information content (AvgIpc) is 2.88. The molecule has 2 aromatic heterocycles. The van der Waals surface area contributed by atoms with Crippen LogP contribution in [0.15, 0.2) is 26.1 Å². The van der Waals surface area contributed by atoms with Gasteiger partial charge in [-0.2, -0.15) is 0 Å². The number of hydrogen-bond acceptors (Lipinski definition) is 4. The van der Waals surface area contributed by atoms with Crippen molar-refractivity contribution in [1.82, 2.24) is 5.16 Å². The molecule has 84 valence electrons. The monoisotopic (exact) mass is 282 g/mol. The number of nitrogens with zero attached hydrogens (tertiary/aromatic N) is 2. The molecule has 0 spiro atoms. The Labute approximate surface area is 101 Å². The van der Waals surface area contributed by atoms with E-state index in [1.54, 1.807) is 12.5 Å². The van der Waals surface area contributed by atoms with Gasteiger partial charge < -0.3 is 13.8 Å². The lowest BCUT2D eigenvalue weighted by Gasteiger charge is -2.12. The summed E-state index contributed by atoms with van der Waals surface area (Å²) in [6.45, 7) is 2.87. The molecule has 0 amide bonds. The van der Waals surface area contributed by atoms with Gasteiger partial charge in [0.1, 0.15) is 5.76 Å². The summed E-state index contributed by atoms with van der Waals surface area (Å²) in [6.07, 6.45) is 3.60. The summed E-state index contributed by atoms with van der Waals surface area (Å²) in [5.74, 6) is 1.17. The van der Waals surface area contributed by atoms with Crippen LogP contribution in [0.3, 0.4) is 0 Å². The van der Waals surface area contributed by atoms with Crippen LogP contribution in [-0.4, -0.2) is 18.7 Å². The quantitative estimate of drug-likeness (QED) is 0.807. The van der Waals surface area contributed by atoms with Gasteiger partial charge in [-0.1, -0.05) is 5.16 Å². The molecule has 0 radical (unpaired) electrons. The van der Waals surface area contributed by atoms with Gasteiger partial charge in [0.15, 0.2) is 4.67 Å². The van der Waals surface area contributed by atoms with Crippen molar-refractivity contribution in [3.8, 4) is 0 Å². The maximum Gasteiger partial charge on any atom is 0.192 e. The van der Waals surface area contributed by atoms with Crippen LogP contribution >= 0.6 is 15.9 Å². The molecule has 3 rings (SSSR count). The summed E-state index contributed by atoms with van der Waals surface area (Å²) in [5.41, 5.74) is 3.46. The van der Waals surface area contributed by atoms with E-state index in [2.05, 4.69) is 33.0 Å². The van der Waals surface area contributed by atoms with Gasteiger partial charge in [-0.05, 0) is 22.9 Å². The Morgan fingerprint density at radius 3 is 3.00 bits per heavy atom. The number of aromatic nitrogens is 1. The zero-order valence-electron chi connectivity index (χ0n) is 9.03. The van der Waals surface area contributed by atoms with Gasteiger partial charge in [0.05, 0.1) is 18.1 Å². The van der Waals surface area contributed by atoms with Crippen LogP contribution in [0, 0.1) is 6.92 Å². The van der Waals surface area contributed by atoms with Gasteiger partial charge in [-0.3, -0.25) is 0 Å². The van der Waals surface area contributed by atoms with E-state index >= 15 is 0 Å². The minimum atomic E-state index is 0.293. The van der Waals surface area contributed by atoms with Crippen LogP contribution in [0.25, 0.3) is 0 Å². The Hall–Kier alpha value is -1.23. The highest BCUT2D eigenvalue weighted by molar-refractivity contribution is 9.10. The molecule has 1 aliphatic heterocycles. The largest absolute Gasteiger partial charge is 0.455 e. The van der Waals surface area contributed by atoms with Crippen molar-refractivity contribution < 1.29 is 8.94 Å². The number of hydrogen-bond donors (Lipinski definition) is 0. The molecule has 4 nitrogen and oxygen atoms in total. The van der Waals surface area contributed by atoms with E-state index in [0.717, 1.165) is 28.2 Å². The third kappa shape index (κ3) is 1.24. The number of anilines is 1. The molecule has 0 aliphatic carbocycles. The highest BCUT2D eigenvalue weighted by atomic mass is 79.9. The standard InChI is InChI=1S/C11H11BrN2O2/c1-6-7(3-13-16-6)8-4-14(2)10-9(8)5-15-11(10)12/h3,5,8H,4H2,1-2H3. The summed E-state index contributed by atoms with van der Waals surface area (Å²) in [5, 5.41) is 3.84. The minimum absolute atomic E-state index is 0.293. The normalized spacial score (nSPS) is 19.2. The lowest BCUT2D eigenvalue weighted by Crippen LogP contribution is -2.16. The predicted octanol–water partition coefficient (Wildman–Crippen LogP) is 2.92. The SMILES string of the molecule is Cc1oncc1C1CN(C)c2c1coc2Br. The molecule has 16 heavy (non-hydrogen) atoms. The van der Waals surface area contributed by atoms with E-state index in [0.29, 0.717) is 5.92 Å². The Morgan fingerprint density at radius 1 is 1.50 bits per heavy atom. The first-order valence-corrected chi connectivity index (χ1v) is 5.87. The van der Waals surface area contributed by atoms with Crippen LogP contribution < -0.4 is 4.90 Å². The van der Waals surface area contributed by atoms with Crippen molar-refractivity contribution in [2.75, 3.05) is 18.5 Å². The van der Waals surface area contributed by atoms with E-state index in [1.165, 1.54) is 5.56 Å². The molecule has 1 unspecified atom stereocenters. The topological polar surface area (TPSA) is 42.4 Å². The van der Waals surface area contributed by atoms with Crippen LogP contribution in [0.2, 0.25) is 0 Å². The Morgan fingerprint density at radius 2 is 2.31 bits per heavy atom. The third-order valence-electron chi connectivity index (χ3n) is 3.13. The summed E-state index contributed by atoms with van der Waals surface area (Å²) >= 11 is 3.42. The summed E-state index contributed by atoms with van der Waals surface area (Å²) in [7, 11) is 2.06. The molecule has 0 fully saturated rings. The molecule has 0 N–H and O–H groups in total. The van der Waals surface area contributed by atoms with Crippen molar-refractivity contribution in [3.05, 3.63) is 34.0 Å². The van der Waals surface area contributed by atoms with E-state index in [-0.39, 0.29) is 0 Å². The molecular formula is C11H11BrN2O2. The third-order valence-corrected chi connectivity index (χ3v) is 3.69. The zero-order valence-corrected chi connectivity index (χ0v) is 10.6. The molecular weight excluding hydrogens is 272 g/mol. The molecule has 1 aliphatic rings. The first-order chi connectivity index (χ1) is 7.68. The number of rotatable bonds is 1. The zero-order chi connectivity index (χ0) is 11.3. The second-order valence-corrected chi connectivity index (χ2v) is 4.80. The number of furan rings is 1. The minimum Gasteiger partial charge on any atom is -0.455 e. The second kappa shape index (κ2) is 3.38. The van der Waals surface area contributed by atoms with E-state index < -0.39 is 0 Å². The van der Waals surface area contributed by atoms with Crippen molar-refractivity contribution in [2.24, 2.45) is 0 Å². The van der Waals surface area contributed by atoms with Crippen molar-refractivity contribution in [2.45, 2.75) is 12.8 Å². The van der Waals surface area contributed by atoms with Gasteiger partial charge in [0, 0.05) is 30.6 Å². The molecule has 3 heterocycles. The summed E-state index contributed by atoms with van der Waals surface area (Å²) in [4.78, 5) is 2.18. The van der Waals surface area contributed by atoms with E-state index in [1.807, 2.05) is 6.92 Å². The smallest absolute Gasteiger partial charge is 0.192 e. The first kappa shape index (κ1) is 9.96. The van der Waals surface area contributed by atoms with Crippen LogP contribution in [0.5, 0.6) is 0 Å². The van der Waals surface area contributed by atoms with Crippen LogP contribution in [0.4, 0.5) is 5.69 Å². The highest BCUT2D eigenvalue weighted by Crippen LogP contribution is 2.45. The average molecular weight is 283 g/mol. The molecule has 1 atom stereocenters. The Balaban J connectivity index is 2.10. The van der Waals surface area contributed by atoms with E-state index in [9.17, 15) is 0 Å². The first-order valence-electron chi connectivity index (χ1n) is 5.07. The van der Waals surface area contributed by atoms with Gasteiger partial charge >= 0.3 is 0 Å². The van der Waals surface area contributed by atoms with Crippen molar-refractivity contribution >= 4 is 21.6 Å². The maximum atomic E-state index is 5.40. The predicted molar refractivity (Wildman–Crippen MR) is 62.8 cm³/mol. The van der Waals surface area contributed by atoms with Gasteiger partial charge in [0.2, 0.25) is 0 Å². The van der Waals surface area contributed by atoms with Crippen LogP contribution in [0.1, 0.15) is 22.8 Å². The van der Waals surface area contributed by atoms with Crippen molar-refractivity contribution in [3.63, 3.8) is 0 Å². The fraction of sp³-hybridized carbons (Fsp3) is 0.364. The second-order valence-electron chi connectivity index (χ2n) is 4.08. The summed E-state index contributed by atoms with van der Waals surface area (Å²) in [6, 6.07) is 0. The lowest BCUT2D eigenvalue weighted by atomic mass is 9.96. The van der Waals surface area contributed by atoms with Gasteiger partial charge in [0.25, 0.3) is 0 Å². The fourth-order valence-electron chi connectivity index (χ4n) is 2.33. The van der Waals surface area contributed by atoms with Gasteiger partial charge in [-0.25, -0.2) is 0 Å². The fourth-order valence-corrected chi connectivity index (χ4v) is 2.95. The molecule has 2 aromatic rings. The highest BCUT2D eigenvalue weighted by Gasteiger charge is 2.34. The summed E-state index contributed by atoms with van der Waals surface area (Å²) < 4.78 is 11.3. The molecule has 0 saturated carbocycles. The van der Waals surface area contributed by atoms with Crippen LogP contribution in [-0.2, 0) is 0 Å². The van der Waals surface area contributed by atoms with Gasteiger partial charge in [-0.15, -0.1) is 0 Å². The number of halogens is 1. The number of likely N-dealkylation sites (N-methyl/N-ethyl adjacent to an activating group) is 1. The number of fused-ring (bicyclic) bond motifs is 1. The molecule has 5 heteroatoms. The van der Waals surface area contributed by atoms with E-state index in [4.69, 9.17) is 8.94 Å². The molecule has 0 bridgehead atoms. The van der Waals surface area contributed by atoms with Crippen molar-refractivity contribution in [1.29, 1.82) is 0 Å². The lowest BCUT2D eigenvalue weighted by molar-refractivity contribution is 0.395. The maximum absolute atomic E-state index is 5.40. The Bertz CT molecular complexity index is 532. The number of aryl methyl sites for hydroxylation is 1.